The van der Waals surface area contributed by atoms with Crippen molar-refractivity contribution in [1.82, 2.24) is 4.98 Å². The molecule has 0 unspecified atom stereocenters. The van der Waals surface area contributed by atoms with Gasteiger partial charge in [0, 0.05) is 42.2 Å². The van der Waals surface area contributed by atoms with Crippen molar-refractivity contribution in [1.29, 1.82) is 0 Å². The maximum absolute atomic E-state index is 11.6. The number of hydrogen-bond donors (Lipinski definition) is 1. The maximum atomic E-state index is 11.6. The van der Waals surface area contributed by atoms with Gasteiger partial charge in [0.15, 0.2) is 6.29 Å². The smallest absolute Gasteiger partial charge is 0.150 e. The molecule has 4 nitrogen and oxygen atoms in total. The summed E-state index contributed by atoms with van der Waals surface area (Å²) in [4.78, 5) is 18.2. The number of aromatic hydroxyl groups is 1. The van der Waals surface area contributed by atoms with Crippen LogP contribution in [0.5, 0.6) is 5.75 Å². The topological polar surface area (TPSA) is 53.4 Å². The average molecular weight is 358 g/mol. The van der Waals surface area contributed by atoms with Gasteiger partial charge in [-0.3, -0.25) is 9.78 Å². The number of phenolic OH excluding ortho intramolecular Hbond substituents is 1. The number of aromatic nitrogens is 1. The summed E-state index contributed by atoms with van der Waals surface area (Å²) in [5.74, 6) is 0.891. The monoisotopic (exact) mass is 358 g/mol. The summed E-state index contributed by atoms with van der Waals surface area (Å²) in [6.07, 6.45) is 5.04. The van der Waals surface area contributed by atoms with Crippen molar-refractivity contribution in [3.63, 3.8) is 0 Å². The molecule has 2 aromatic carbocycles. The van der Waals surface area contributed by atoms with E-state index in [0.717, 1.165) is 23.5 Å². The summed E-state index contributed by atoms with van der Waals surface area (Å²) in [7, 11) is 2.00. The molecule has 27 heavy (non-hydrogen) atoms. The highest BCUT2D eigenvalue weighted by Gasteiger charge is 2.23. The second-order valence-corrected chi connectivity index (χ2v) is 7.08. The Bertz CT molecular complexity index is 962. The minimum absolute atomic E-state index is 0.158. The van der Waals surface area contributed by atoms with E-state index in [1.54, 1.807) is 24.4 Å². The van der Waals surface area contributed by atoms with Crippen LogP contribution in [0.4, 0.5) is 5.69 Å². The van der Waals surface area contributed by atoms with Gasteiger partial charge in [-0.05, 0) is 54.7 Å². The summed E-state index contributed by atoms with van der Waals surface area (Å²) in [5, 5.41) is 10.2. The predicted molar refractivity (Wildman–Crippen MR) is 107 cm³/mol. The Morgan fingerprint density at radius 3 is 2.52 bits per heavy atom. The number of rotatable bonds is 6. The molecule has 136 valence electrons. The molecule has 0 spiro atoms. The fourth-order valence-corrected chi connectivity index (χ4v) is 3.44. The highest BCUT2D eigenvalue weighted by atomic mass is 16.3. The van der Waals surface area contributed by atoms with Crippen molar-refractivity contribution in [3.8, 4) is 17.0 Å². The van der Waals surface area contributed by atoms with Crippen LogP contribution in [0.2, 0.25) is 0 Å². The quantitative estimate of drug-likeness (QED) is 0.644. The van der Waals surface area contributed by atoms with Crippen molar-refractivity contribution < 1.29 is 9.90 Å². The number of benzene rings is 2. The first-order valence-electron chi connectivity index (χ1n) is 9.20. The molecule has 0 atom stereocenters. The summed E-state index contributed by atoms with van der Waals surface area (Å²) >= 11 is 0. The Morgan fingerprint density at radius 1 is 1.11 bits per heavy atom. The number of phenols is 1. The molecule has 0 saturated heterocycles. The predicted octanol–water partition coefficient (Wildman–Crippen LogP) is 4.78. The zero-order chi connectivity index (χ0) is 18.8. The second-order valence-electron chi connectivity index (χ2n) is 7.08. The molecule has 1 aliphatic rings. The number of carbonyl (C=O) groups is 1. The van der Waals surface area contributed by atoms with Crippen molar-refractivity contribution in [3.05, 3.63) is 77.5 Å². The largest absolute Gasteiger partial charge is 0.507 e. The van der Waals surface area contributed by atoms with Gasteiger partial charge in [-0.2, -0.15) is 0 Å². The third-order valence-corrected chi connectivity index (χ3v) is 5.16. The van der Waals surface area contributed by atoms with E-state index in [9.17, 15) is 9.90 Å². The molecule has 4 heteroatoms. The Hall–Kier alpha value is -3.14. The van der Waals surface area contributed by atoms with Crippen LogP contribution in [-0.4, -0.2) is 23.4 Å². The van der Waals surface area contributed by atoms with Gasteiger partial charge in [-0.15, -0.1) is 0 Å². The van der Waals surface area contributed by atoms with Crippen LogP contribution in [0.3, 0.4) is 0 Å². The second kappa shape index (κ2) is 7.23. The molecule has 1 heterocycles. The number of nitrogens with zero attached hydrogens (tertiary/aromatic N) is 2. The van der Waals surface area contributed by atoms with E-state index in [4.69, 9.17) is 0 Å². The molecule has 0 amide bonds. The van der Waals surface area contributed by atoms with Crippen LogP contribution >= 0.6 is 0 Å². The van der Waals surface area contributed by atoms with Crippen LogP contribution in [-0.2, 0) is 6.54 Å². The molecule has 4 rings (SSSR count). The van der Waals surface area contributed by atoms with E-state index in [1.165, 1.54) is 18.4 Å². The number of hydrogen-bond acceptors (Lipinski definition) is 4. The molecule has 1 fully saturated rings. The van der Waals surface area contributed by atoms with Gasteiger partial charge in [-0.25, -0.2) is 0 Å². The highest BCUT2D eigenvalue weighted by molar-refractivity contribution is 5.83. The van der Waals surface area contributed by atoms with E-state index in [-0.39, 0.29) is 5.75 Å². The van der Waals surface area contributed by atoms with Crippen molar-refractivity contribution >= 4 is 12.0 Å². The summed E-state index contributed by atoms with van der Waals surface area (Å²) in [6, 6.07) is 17.4. The highest BCUT2D eigenvalue weighted by Crippen LogP contribution is 2.40. The molecule has 1 aliphatic carbocycles. The number of para-hydroxylation sites is 1. The van der Waals surface area contributed by atoms with E-state index in [0.29, 0.717) is 23.4 Å². The molecule has 1 N–H and O–H groups in total. The molecular formula is C23H22N2O2. The van der Waals surface area contributed by atoms with E-state index >= 15 is 0 Å². The van der Waals surface area contributed by atoms with Crippen LogP contribution in [0.15, 0.2) is 60.8 Å². The van der Waals surface area contributed by atoms with Crippen molar-refractivity contribution in [2.24, 2.45) is 0 Å². The maximum Gasteiger partial charge on any atom is 0.150 e. The minimum Gasteiger partial charge on any atom is -0.507 e. The normalized spacial score (nSPS) is 13.4. The number of aldehydes is 1. The van der Waals surface area contributed by atoms with Crippen LogP contribution in [0, 0.1) is 0 Å². The summed E-state index contributed by atoms with van der Waals surface area (Å²) in [6.45, 7) is 0.522. The molecule has 0 bridgehead atoms. The van der Waals surface area contributed by atoms with Gasteiger partial charge in [0.25, 0.3) is 0 Å². The fraction of sp³-hybridized carbons (Fsp3) is 0.217. The van der Waals surface area contributed by atoms with E-state index in [2.05, 4.69) is 34.1 Å². The van der Waals surface area contributed by atoms with Crippen molar-refractivity contribution in [2.45, 2.75) is 25.3 Å². The molecule has 0 radical (unpaired) electrons. The fourth-order valence-electron chi connectivity index (χ4n) is 3.44. The average Bonchev–Trinajstić information content (AvgIpc) is 3.54. The lowest BCUT2D eigenvalue weighted by molar-refractivity contribution is 0.112. The molecular weight excluding hydrogens is 336 g/mol. The summed E-state index contributed by atoms with van der Waals surface area (Å²) < 4.78 is 0. The first kappa shape index (κ1) is 17.3. The zero-order valence-electron chi connectivity index (χ0n) is 15.3. The van der Waals surface area contributed by atoms with Gasteiger partial charge in [0.2, 0.25) is 0 Å². The third-order valence-electron chi connectivity index (χ3n) is 5.16. The minimum atomic E-state index is 0.158. The van der Waals surface area contributed by atoms with Crippen molar-refractivity contribution in [2.75, 3.05) is 11.9 Å². The number of anilines is 1. The van der Waals surface area contributed by atoms with Gasteiger partial charge < -0.3 is 10.0 Å². The lowest BCUT2D eigenvalue weighted by Gasteiger charge is -2.22. The summed E-state index contributed by atoms with van der Waals surface area (Å²) in [5.41, 5.74) is 5.15. The molecule has 0 aliphatic heterocycles. The van der Waals surface area contributed by atoms with Crippen LogP contribution in [0.25, 0.3) is 11.3 Å². The third kappa shape index (κ3) is 3.56. The first-order chi connectivity index (χ1) is 13.2. The number of carbonyl (C=O) groups excluding carboxylic acids is 1. The Morgan fingerprint density at radius 2 is 1.85 bits per heavy atom. The first-order valence-corrected chi connectivity index (χ1v) is 9.20. The SMILES string of the molecule is CN(Cc1c(C=O)ccnc1-c1ccccc1O)c1ccc(C2CC2)cc1. The zero-order valence-corrected chi connectivity index (χ0v) is 15.3. The molecule has 3 aromatic rings. The molecule has 1 aromatic heterocycles. The number of pyridine rings is 1. The Kier molecular flexibility index (Phi) is 4.63. The van der Waals surface area contributed by atoms with Gasteiger partial charge in [0.05, 0.1) is 5.69 Å². The van der Waals surface area contributed by atoms with Gasteiger partial charge >= 0.3 is 0 Å². The van der Waals surface area contributed by atoms with Crippen LogP contribution in [0.1, 0.15) is 40.2 Å². The van der Waals surface area contributed by atoms with E-state index < -0.39 is 0 Å². The van der Waals surface area contributed by atoms with Gasteiger partial charge in [0.1, 0.15) is 5.75 Å². The molecule has 1 saturated carbocycles. The lowest BCUT2D eigenvalue weighted by atomic mass is 10.00. The van der Waals surface area contributed by atoms with Crippen LogP contribution < -0.4 is 4.90 Å². The van der Waals surface area contributed by atoms with E-state index in [1.807, 2.05) is 19.2 Å². The van der Waals surface area contributed by atoms with Gasteiger partial charge in [-0.1, -0.05) is 24.3 Å². The standard InChI is InChI=1S/C23H22N2O2/c1-25(19-10-8-17(9-11-19)16-6-7-16)14-21-18(15-26)12-13-24-23(21)20-4-2-3-5-22(20)27/h2-5,8-13,15-16,27H,6-7,14H2,1H3. The lowest BCUT2D eigenvalue weighted by Crippen LogP contribution is -2.18. The Labute approximate surface area is 159 Å². The Balaban J connectivity index is 1.67.